The zero-order valence-electron chi connectivity index (χ0n) is 15.3. The Morgan fingerprint density at radius 1 is 1.19 bits per heavy atom. The molecule has 0 aromatic heterocycles. The molecule has 0 atom stereocenters. The number of amides is 3. The largest absolute Gasteiger partial charge is 0.493 e. The van der Waals surface area contributed by atoms with Gasteiger partial charge >= 0.3 is 0 Å². The summed E-state index contributed by atoms with van der Waals surface area (Å²) in [5.74, 6) is 0.265. The number of carbonyl (C=O) groups is 3. The number of ether oxygens (including phenoxy) is 2. The fraction of sp³-hybridized carbons (Fsp3) is 0.389. The molecular weight excluding hydrogens is 356 g/mol. The topological polar surface area (TPSA) is 76.2 Å². The number of nitrogens with zero attached hydrogens (tertiary/aromatic N) is 2. The molecule has 0 N–H and O–H groups in total. The number of likely N-dealkylation sites (N-methyl/N-ethyl adjacent to an activating group) is 1. The normalized spacial score (nSPS) is 15.5. The van der Waals surface area contributed by atoms with Crippen LogP contribution in [0, 0.1) is 0 Å². The first-order valence-corrected chi connectivity index (χ1v) is 9.02. The molecule has 0 spiro atoms. The molecule has 1 heterocycles. The van der Waals surface area contributed by atoms with E-state index in [1.165, 1.54) is 14.2 Å². The van der Waals surface area contributed by atoms with Crippen LogP contribution in [0.2, 0.25) is 0 Å². The number of para-hydroxylation sites is 1. The summed E-state index contributed by atoms with van der Waals surface area (Å²) in [6, 6.07) is 5.27. The van der Waals surface area contributed by atoms with Crippen molar-refractivity contribution in [2.24, 2.45) is 0 Å². The van der Waals surface area contributed by atoms with Gasteiger partial charge in [0.1, 0.15) is 6.54 Å². The first kappa shape index (κ1) is 19.8. The molecule has 1 fully saturated rings. The highest BCUT2D eigenvalue weighted by atomic mass is 32.2. The molecule has 1 saturated heterocycles. The first-order valence-electron chi connectivity index (χ1n) is 8.20. The third-order valence-corrected chi connectivity index (χ3v) is 4.91. The van der Waals surface area contributed by atoms with Crippen LogP contribution in [0.3, 0.4) is 0 Å². The SMILES string of the molecule is CCN(CC)C(=O)CN1C(=O)S/C(=C\c2cccc(OC)c2OC)C1=O. The quantitative estimate of drug-likeness (QED) is 0.679. The highest BCUT2D eigenvalue weighted by Gasteiger charge is 2.37. The van der Waals surface area contributed by atoms with Crippen LogP contribution in [-0.2, 0) is 9.59 Å². The van der Waals surface area contributed by atoms with E-state index in [0.29, 0.717) is 30.2 Å². The van der Waals surface area contributed by atoms with Crippen molar-refractivity contribution < 1.29 is 23.9 Å². The molecule has 26 heavy (non-hydrogen) atoms. The summed E-state index contributed by atoms with van der Waals surface area (Å²) in [5.41, 5.74) is 0.618. The Hall–Kier alpha value is -2.48. The zero-order valence-corrected chi connectivity index (χ0v) is 16.1. The van der Waals surface area contributed by atoms with Crippen molar-refractivity contribution in [1.29, 1.82) is 0 Å². The van der Waals surface area contributed by atoms with Gasteiger partial charge in [-0.1, -0.05) is 12.1 Å². The molecule has 140 valence electrons. The molecule has 1 aliphatic rings. The molecular formula is C18H22N2O5S. The number of hydrogen-bond donors (Lipinski definition) is 0. The minimum absolute atomic E-state index is 0.244. The average molecular weight is 378 g/mol. The Bertz CT molecular complexity index is 743. The van der Waals surface area contributed by atoms with Gasteiger partial charge in [-0.15, -0.1) is 0 Å². The number of thioether (sulfide) groups is 1. The fourth-order valence-electron chi connectivity index (χ4n) is 2.61. The number of benzene rings is 1. The summed E-state index contributed by atoms with van der Waals surface area (Å²) in [5, 5.41) is -0.455. The second-order valence-electron chi connectivity index (χ2n) is 5.42. The molecule has 0 radical (unpaired) electrons. The molecule has 1 aliphatic heterocycles. The Morgan fingerprint density at radius 2 is 1.88 bits per heavy atom. The average Bonchev–Trinajstić information content (AvgIpc) is 2.90. The van der Waals surface area contributed by atoms with Crippen molar-refractivity contribution in [3.8, 4) is 11.5 Å². The maximum atomic E-state index is 12.6. The highest BCUT2D eigenvalue weighted by molar-refractivity contribution is 8.18. The van der Waals surface area contributed by atoms with E-state index >= 15 is 0 Å². The number of carbonyl (C=O) groups excluding carboxylic acids is 3. The van der Waals surface area contributed by atoms with Crippen LogP contribution in [0.4, 0.5) is 4.79 Å². The van der Waals surface area contributed by atoms with Crippen LogP contribution in [0.5, 0.6) is 11.5 Å². The van der Waals surface area contributed by atoms with Gasteiger partial charge in [0.05, 0.1) is 19.1 Å². The second kappa shape index (κ2) is 8.75. The number of methoxy groups -OCH3 is 2. The molecule has 7 nitrogen and oxygen atoms in total. The Kier molecular flexibility index (Phi) is 6.68. The second-order valence-corrected chi connectivity index (χ2v) is 6.41. The summed E-state index contributed by atoms with van der Waals surface area (Å²) < 4.78 is 10.6. The van der Waals surface area contributed by atoms with E-state index in [0.717, 1.165) is 16.7 Å². The molecule has 1 aromatic carbocycles. The maximum Gasteiger partial charge on any atom is 0.294 e. The van der Waals surface area contributed by atoms with E-state index in [1.807, 2.05) is 13.8 Å². The van der Waals surface area contributed by atoms with Gasteiger partial charge in [0.25, 0.3) is 11.1 Å². The van der Waals surface area contributed by atoms with Gasteiger partial charge in [0.15, 0.2) is 11.5 Å². The summed E-state index contributed by atoms with van der Waals surface area (Å²) >= 11 is 0.810. The van der Waals surface area contributed by atoms with Crippen LogP contribution in [0.15, 0.2) is 23.1 Å². The van der Waals surface area contributed by atoms with Crippen molar-refractivity contribution >= 4 is 34.9 Å². The van der Waals surface area contributed by atoms with Crippen molar-refractivity contribution in [3.05, 3.63) is 28.7 Å². The number of rotatable bonds is 7. The van der Waals surface area contributed by atoms with Gasteiger partial charge in [-0.3, -0.25) is 19.3 Å². The van der Waals surface area contributed by atoms with Crippen LogP contribution >= 0.6 is 11.8 Å². The molecule has 0 bridgehead atoms. The molecule has 0 saturated carbocycles. The summed E-state index contributed by atoms with van der Waals surface area (Å²) in [6.07, 6.45) is 1.58. The molecule has 2 rings (SSSR count). The van der Waals surface area contributed by atoms with Crippen LogP contribution in [0.25, 0.3) is 6.08 Å². The monoisotopic (exact) mass is 378 g/mol. The fourth-order valence-corrected chi connectivity index (χ4v) is 3.44. The third-order valence-electron chi connectivity index (χ3n) is 4.00. The van der Waals surface area contributed by atoms with Gasteiger partial charge in [-0.2, -0.15) is 0 Å². The molecule has 8 heteroatoms. The lowest BCUT2D eigenvalue weighted by Crippen LogP contribution is -2.41. The molecule has 0 aliphatic carbocycles. The van der Waals surface area contributed by atoms with Gasteiger partial charge in [0, 0.05) is 18.7 Å². The van der Waals surface area contributed by atoms with E-state index in [-0.39, 0.29) is 17.4 Å². The van der Waals surface area contributed by atoms with Crippen LogP contribution < -0.4 is 9.47 Å². The van der Waals surface area contributed by atoms with Gasteiger partial charge in [-0.25, -0.2) is 0 Å². The van der Waals surface area contributed by atoms with E-state index in [4.69, 9.17) is 9.47 Å². The van der Waals surface area contributed by atoms with Crippen LogP contribution in [0.1, 0.15) is 19.4 Å². The van der Waals surface area contributed by atoms with Crippen molar-refractivity contribution in [2.75, 3.05) is 33.9 Å². The molecule has 3 amide bonds. The predicted octanol–water partition coefficient (Wildman–Crippen LogP) is 2.61. The van der Waals surface area contributed by atoms with Crippen molar-refractivity contribution in [2.45, 2.75) is 13.8 Å². The summed E-state index contributed by atoms with van der Waals surface area (Å²) in [4.78, 5) is 39.8. The van der Waals surface area contributed by atoms with Gasteiger partial charge in [-0.05, 0) is 37.8 Å². The van der Waals surface area contributed by atoms with E-state index < -0.39 is 11.1 Å². The zero-order chi connectivity index (χ0) is 19.3. The van der Waals surface area contributed by atoms with E-state index in [2.05, 4.69) is 0 Å². The van der Waals surface area contributed by atoms with Gasteiger partial charge in [0.2, 0.25) is 5.91 Å². The van der Waals surface area contributed by atoms with E-state index in [9.17, 15) is 14.4 Å². The lowest BCUT2D eigenvalue weighted by Gasteiger charge is -2.21. The Morgan fingerprint density at radius 3 is 2.46 bits per heavy atom. The molecule has 1 aromatic rings. The number of imide groups is 1. The standard InChI is InChI=1S/C18H22N2O5S/c1-5-19(6-2)15(21)11-20-17(22)14(26-18(20)23)10-12-8-7-9-13(24-3)16(12)25-4/h7-10H,5-6,11H2,1-4H3/b14-10-. The van der Waals surface area contributed by atoms with Crippen molar-refractivity contribution in [1.82, 2.24) is 9.80 Å². The minimum Gasteiger partial charge on any atom is -0.493 e. The lowest BCUT2D eigenvalue weighted by atomic mass is 10.1. The Balaban J connectivity index is 2.26. The first-order chi connectivity index (χ1) is 12.5. The lowest BCUT2D eigenvalue weighted by molar-refractivity contribution is -0.135. The predicted molar refractivity (Wildman–Crippen MR) is 100 cm³/mol. The van der Waals surface area contributed by atoms with Crippen LogP contribution in [-0.4, -0.2) is 60.7 Å². The highest BCUT2D eigenvalue weighted by Crippen LogP contribution is 2.37. The van der Waals surface area contributed by atoms with Crippen molar-refractivity contribution in [3.63, 3.8) is 0 Å². The van der Waals surface area contributed by atoms with E-state index in [1.54, 1.807) is 29.2 Å². The maximum absolute atomic E-state index is 12.6. The molecule has 0 unspecified atom stereocenters. The minimum atomic E-state index is -0.481. The smallest absolute Gasteiger partial charge is 0.294 e. The van der Waals surface area contributed by atoms with Gasteiger partial charge < -0.3 is 14.4 Å². The summed E-state index contributed by atoms with van der Waals surface area (Å²) in [6.45, 7) is 4.51. The third kappa shape index (κ3) is 4.01. The summed E-state index contributed by atoms with van der Waals surface area (Å²) in [7, 11) is 3.03. The Labute approximate surface area is 156 Å². The number of hydrogen-bond acceptors (Lipinski definition) is 6.